The van der Waals surface area contributed by atoms with Crippen LogP contribution in [0, 0.1) is 18.8 Å². The van der Waals surface area contributed by atoms with Gasteiger partial charge in [-0.15, -0.1) is 0 Å². The summed E-state index contributed by atoms with van der Waals surface area (Å²) in [7, 11) is 0. The van der Waals surface area contributed by atoms with Crippen molar-refractivity contribution in [2.24, 2.45) is 11.8 Å². The van der Waals surface area contributed by atoms with Crippen LogP contribution in [0.4, 0.5) is 23.4 Å². The zero-order valence-electron chi connectivity index (χ0n) is 15.6. The summed E-state index contributed by atoms with van der Waals surface area (Å²) >= 11 is 0. The highest BCUT2D eigenvalue weighted by Gasteiger charge is 2.50. The maximum atomic E-state index is 13.3. The predicted molar refractivity (Wildman–Crippen MR) is 92.2 cm³/mol. The van der Waals surface area contributed by atoms with E-state index in [0.717, 1.165) is 24.8 Å². The van der Waals surface area contributed by atoms with E-state index in [4.69, 9.17) is 0 Å². The molecule has 27 heavy (non-hydrogen) atoms. The van der Waals surface area contributed by atoms with Gasteiger partial charge in [-0.2, -0.15) is 5.10 Å². The van der Waals surface area contributed by atoms with Gasteiger partial charge in [0, 0.05) is 43.1 Å². The van der Waals surface area contributed by atoms with Gasteiger partial charge in [-0.25, -0.2) is 22.2 Å². The highest BCUT2D eigenvalue weighted by Crippen LogP contribution is 2.50. The van der Waals surface area contributed by atoms with Crippen LogP contribution < -0.4 is 5.32 Å². The van der Waals surface area contributed by atoms with Gasteiger partial charge >= 0.3 is 0 Å². The number of carbonyl (C=O) groups is 1. The summed E-state index contributed by atoms with van der Waals surface area (Å²) in [5.41, 5.74) is 1.35. The van der Waals surface area contributed by atoms with Crippen LogP contribution in [0.1, 0.15) is 75.1 Å². The number of nitrogens with zero attached hydrogens (tertiary/aromatic N) is 2. The van der Waals surface area contributed by atoms with Crippen molar-refractivity contribution < 1.29 is 22.4 Å². The number of nitrogens with one attached hydrogen (secondary N) is 1. The topological polar surface area (TPSA) is 46.9 Å². The van der Waals surface area contributed by atoms with Crippen molar-refractivity contribution in [3.05, 3.63) is 11.3 Å². The second-order valence-corrected chi connectivity index (χ2v) is 8.65. The number of anilines is 1. The van der Waals surface area contributed by atoms with Gasteiger partial charge in [0.2, 0.25) is 17.8 Å². The van der Waals surface area contributed by atoms with Gasteiger partial charge in [-0.05, 0) is 32.1 Å². The Hall–Kier alpha value is -1.60. The molecule has 3 aliphatic carbocycles. The van der Waals surface area contributed by atoms with Gasteiger partial charge in [0.05, 0.1) is 11.7 Å². The van der Waals surface area contributed by atoms with E-state index in [1.807, 2.05) is 0 Å². The minimum absolute atomic E-state index is 0.164. The summed E-state index contributed by atoms with van der Waals surface area (Å²) in [6.07, 6.45) is 2.01. The Kier molecular flexibility index (Phi) is 4.31. The SMILES string of the molecule is Cc1c(C2CC(F)(F)C2)nn(C2CCC2)c1NC(=O)[C@@H](C)C1CC(F)(F)C1. The fourth-order valence-corrected chi connectivity index (χ4v) is 4.33. The van der Waals surface area contributed by atoms with E-state index in [1.54, 1.807) is 18.5 Å². The zero-order valence-corrected chi connectivity index (χ0v) is 15.6. The second kappa shape index (κ2) is 6.21. The first kappa shape index (κ1) is 18.7. The minimum atomic E-state index is -2.66. The van der Waals surface area contributed by atoms with Gasteiger partial charge in [-0.3, -0.25) is 4.79 Å². The molecule has 0 saturated heterocycles. The van der Waals surface area contributed by atoms with E-state index in [2.05, 4.69) is 10.4 Å². The molecule has 3 fully saturated rings. The molecule has 1 amide bonds. The molecule has 0 unspecified atom stereocenters. The molecule has 0 aliphatic heterocycles. The van der Waals surface area contributed by atoms with Gasteiger partial charge < -0.3 is 5.32 Å². The summed E-state index contributed by atoms with van der Waals surface area (Å²) in [5, 5.41) is 7.46. The summed E-state index contributed by atoms with van der Waals surface area (Å²) in [4.78, 5) is 12.6. The average Bonchev–Trinajstić information content (AvgIpc) is 2.77. The molecular weight excluding hydrogens is 362 g/mol. The molecule has 0 spiro atoms. The monoisotopic (exact) mass is 387 g/mol. The van der Waals surface area contributed by atoms with Gasteiger partial charge in [0.1, 0.15) is 5.82 Å². The lowest BCUT2D eigenvalue weighted by Gasteiger charge is -2.38. The van der Waals surface area contributed by atoms with E-state index in [-0.39, 0.29) is 49.5 Å². The van der Waals surface area contributed by atoms with Crippen LogP contribution in [0.3, 0.4) is 0 Å². The molecule has 150 valence electrons. The lowest BCUT2D eigenvalue weighted by Crippen LogP contribution is -2.42. The predicted octanol–water partition coefficient (Wildman–Crippen LogP) is 5.05. The fourth-order valence-electron chi connectivity index (χ4n) is 4.33. The van der Waals surface area contributed by atoms with Gasteiger partial charge in [0.25, 0.3) is 0 Å². The second-order valence-electron chi connectivity index (χ2n) is 8.65. The minimum Gasteiger partial charge on any atom is -0.310 e. The quantitative estimate of drug-likeness (QED) is 0.719. The highest BCUT2D eigenvalue weighted by atomic mass is 19.3. The molecule has 3 aliphatic rings. The van der Waals surface area contributed by atoms with Gasteiger partial charge in [-0.1, -0.05) is 6.92 Å². The van der Waals surface area contributed by atoms with Crippen molar-refractivity contribution in [3.63, 3.8) is 0 Å². The van der Waals surface area contributed by atoms with E-state index >= 15 is 0 Å². The van der Waals surface area contributed by atoms with Crippen LogP contribution in [-0.2, 0) is 4.79 Å². The molecule has 1 N–H and O–H groups in total. The number of rotatable bonds is 5. The molecule has 4 rings (SSSR count). The van der Waals surface area contributed by atoms with Crippen LogP contribution in [-0.4, -0.2) is 27.5 Å². The molecule has 3 saturated carbocycles. The standard InChI is InChI=1S/C19H25F4N3O/c1-10(12-6-18(20,21)7-12)17(27)24-16-11(2)15(13-8-19(22,23)9-13)25-26(16)14-4-3-5-14/h10,12-14H,3-9H2,1-2H3,(H,24,27)/t10-/m0/s1. The zero-order chi connectivity index (χ0) is 19.6. The van der Waals surface area contributed by atoms with Crippen molar-refractivity contribution in [2.45, 2.75) is 82.6 Å². The Morgan fingerprint density at radius 3 is 2.22 bits per heavy atom. The Balaban J connectivity index is 1.52. The number of alkyl halides is 4. The first-order chi connectivity index (χ1) is 12.6. The van der Waals surface area contributed by atoms with Gasteiger partial charge in [0.15, 0.2) is 0 Å². The van der Waals surface area contributed by atoms with E-state index in [9.17, 15) is 22.4 Å². The highest BCUT2D eigenvalue weighted by molar-refractivity contribution is 5.92. The first-order valence-electron chi connectivity index (χ1n) is 9.72. The molecule has 0 radical (unpaired) electrons. The Morgan fingerprint density at radius 2 is 1.74 bits per heavy atom. The number of halogens is 4. The summed E-state index contributed by atoms with van der Waals surface area (Å²) in [6, 6.07) is 0.164. The van der Waals surface area contributed by atoms with Crippen LogP contribution >= 0.6 is 0 Å². The molecule has 0 bridgehead atoms. The van der Waals surface area contributed by atoms with Crippen LogP contribution in [0.2, 0.25) is 0 Å². The maximum Gasteiger partial charge on any atom is 0.249 e. The normalized spacial score (nSPS) is 26.0. The van der Waals surface area contributed by atoms with Crippen molar-refractivity contribution in [1.29, 1.82) is 0 Å². The Labute approximate surface area is 155 Å². The van der Waals surface area contributed by atoms with Crippen molar-refractivity contribution >= 4 is 11.7 Å². The molecule has 1 aromatic rings. The van der Waals surface area contributed by atoms with Crippen molar-refractivity contribution in [3.8, 4) is 0 Å². The lowest BCUT2D eigenvalue weighted by atomic mass is 9.73. The molecule has 1 aromatic heterocycles. The first-order valence-corrected chi connectivity index (χ1v) is 9.72. The van der Waals surface area contributed by atoms with Crippen LogP contribution in [0.15, 0.2) is 0 Å². The van der Waals surface area contributed by atoms with E-state index < -0.39 is 17.8 Å². The maximum absolute atomic E-state index is 13.3. The van der Waals surface area contributed by atoms with Crippen LogP contribution in [0.5, 0.6) is 0 Å². The summed E-state index contributed by atoms with van der Waals surface area (Å²) in [6.45, 7) is 3.47. The third-order valence-electron chi connectivity index (χ3n) is 6.57. The molecule has 4 nitrogen and oxygen atoms in total. The summed E-state index contributed by atoms with van der Waals surface area (Å²) in [5.74, 6) is -6.19. The largest absolute Gasteiger partial charge is 0.310 e. The summed E-state index contributed by atoms with van der Waals surface area (Å²) < 4.78 is 54.6. The molecule has 8 heteroatoms. The fraction of sp³-hybridized carbons (Fsp3) is 0.789. The van der Waals surface area contributed by atoms with Crippen molar-refractivity contribution in [2.75, 3.05) is 5.32 Å². The number of aromatic nitrogens is 2. The third kappa shape index (κ3) is 3.36. The molecular formula is C19H25F4N3O. The average molecular weight is 387 g/mol. The number of hydrogen-bond donors (Lipinski definition) is 1. The molecule has 1 heterocycles. The van der Waals surface area contributed by atoms with Crippen molar-refractivity contribution in [1.82, 2.24) is 9.78 Å². The molecule has 1 atom stereocenters. The molecule has 0 aromatic carbocycles. The van der Waals surface area contributed by atoms with E-state index in [0.29, 0.717) is 11.5 Å². The number of amides is 1. The number of carbonyl (C=O) groups excluding carboxylic acids is 1. The van der Waals surface area contributed by atoms with E-state index in [1.165, 1.54) is 0 Å². The lowest BCUT2D eigenvalue weighted by molar-refractivity contribution is -0.140. The smallest absolute Gasteiger partial charge is 0.249 e. The Morgan fingerprint density at radius 1 is 1.15 bits per heavy atom. The van der Waals surface area contributed by atoms with Crippen LogP contribution in [0.25, 0.3) is 0 Å². The number of hydrogen-bond acceptors (Lipinski definition) is 2. The third-order valence-corrected chi connectivity index (χ3v) is 6.57. The Bertz CT molecular complexity index is 740.